The van der Waals surface area contributed by atoms with Crippen LogP contribution >= 0.6 is 0 Å². The molecule has 9 heteroatoms. The van der Waals surface area contributed by atoms with Gasteiger partial charge in [0.15, 0.2) is 0 Å². The lowest BCUT2D eigenvalue weighted by Gasteiger charge is -2.19. The third-order valence-corrected chi connectivity index (χ3v) is 6.44. The summed E-state index contributed by atoms with van der Waals surface area (Å²) in [4.78, 5) is 23.6. The van der Waals surface area contributed by atoms with Crippen LogP contribution in [0.3, 0.4) is 0 Å². The van der Waals surface area contributed by atoms with Gasteiger partial charge in [-0.3, -0.25) is 13.9 Å². The molecule has 0 bridgehead atoms. The Bertz CT molecular complexity index is 1200. The minimum Gasteiger partial charge on any atom is -0.491 e. The first-order valence-electron chi connectivity index (χ1n) is 9.74. The smallest absolute Gasteiger partial charge is 0.264 e. The van der Waals surface area contributed by atoms with Gasteiger partial charge in [-0.1, -0.05) is 30.3 Å². The van der Waals surface area contributed by atoms with Gasteiger partial charge in [0.25, 0.3) is 15.9 Å². The van der Waals surface area contributed by atoms with Crippen LogP contribution < -0.4 is 20.1 Å². The molecule has 0 atom stereocenters. The number of sulfonamides is 1. The van der Waals surface area contributed by atoms with Gasteiger partial charge < -0.3 is 15.8 Å². The first-order chi connectivity index (χ1) is 15.3. The number of carbonyl (C=O) groups is 2. The Hall–Kier alpha value is -3.85. The van der Waals surface area contributed by atoms with E-state index in [2.05, 4.69) is 5.32 Å². The van der Waals surface area contributed by atoms with Crippen molar-refractivity contribution < 1.29 is 22.7 Å². The number of hydrogen-bond acceptors (Lipinski definition) is 5. The molecule has 8 nitrogen and oxygen atoms in total. The first kappa shape index (κ1) is 22.8. The Morgan fingerprint density at radius 1 is 0.938 bits per heavy atom. The SMILES string of the molecule is CN(c1ccccc1)S(=O)(=O)c1ccc(C(=O)Nc2ccccc2OCCC(N)=O)cc1. The molecule has 32 heavy (non-hydrogen) atoms. The molecule has 0 aromatic heterocycles. The van der Waals surface area contributed by atoms with Crippen LogP contribution in [0.15, 0.2) is 83.8 Å². The molecule has 0 aliphatic carbocycles. The van der Waals surface area contributed by atoms with Crippen LogP contribution in [0.4, 0.5) is 11.4 Å². The maximum atomic E-state index is 12.9. The Kier molecular flexibility index (Phi) is 7.11. The largest absolute Gasteiger partial charge is 0.491 e. The van der Waals surface area contributed by atoms with Crippen molar-refractivity contribution in [2.45, 2.75) is 11.3 Å². The molecule has 0 saturated heterocycles. The van der Waals surface area contributed by atoms with Gasteiger partial charge in [0.05, 0.1) is 29.3 Å². The lowest BCUT2D eigenvalue weighted by atomic mass is 10.2. The molecule has 0 saturated carbocycles. The second-order valence-corrected chi connectivity index (χ2v) is 8.82. The normalized spacial score (nSPS) is 10.9. The summed E-state index contributed by atoms with van der Waals surface area (Å²) in [7, 11) is -2.30. The first-order valence-corrected chi connectivity index (χ1v) is 11.2. The van der Waals surface area contributed by atoms with Crippen LogP contribution in [-0.2, 0) is 14.8 Å². The maximum Gasteiger partial charge on any atom is 0.264 e. The van der Waals surface area contributed by atoms with Crippen LogP contribution in [0.2, 0.25) is 0 Å². The van der Waals surface area contributed by atoms with Crippen molar-refractivity contribution in [3.8, 4) is 5.75 Å². The van der Waals surface area contributed by atoms with Gasteiger partial charge in [-0.15, -0.1) is 0 Å². The van der Waals surface area contributed by atoms with E-state index < -0.39 is 21.8 Å². The molecule has 0 unspecified atom stereocenters. The lowest BCUT2D eigenvalue weighted by Crippen LogP contribution is -2.26. The molecule has 2 amide bonds. The Labute approximate surface area is 186 Å². The molecular weight excluding hydrogens is 430 g/mol. The molecule has 0 spiro atoms. The fourth-order valence-electron chi connectivity index (χ4n) is 2.86. The third kappa shape index (κ3) is 5.44. The van der Waals surface area contributed by atoms with E-state index in [1.165, 1.54) is 35.6 Å². The zero-order chi connectivity index (χ0) is 23.1. The molecule has 3 aromatic carbocycles. The van der Waals surface area contributed by atoms with Crippen LogP contribution in [0, 0.1) is 0 Å². The molecule has 0 fully saturated rings. The van der Waals surface area contributed by atoms with Crippen molar-refractivity contribution in [3.63, 3.8) is 0 Å². The predicted molar refractivity (Wildman–Crippen MR) is 122 cm³/mol. The van der Waals surface area contributed by atoms with Crippen molar-refractivity contribution in [1.29, 1.82) is 0 Å². The number of para-hydroxylation sites is 3. The van der Waals surface area contributed by atoms with E-state index >= 15 is 0 Å². The lowest BCUT2D eigenvalue weighted by molar-refractivity contribution is -0.118. The van der Waals surface area contributed by atoms with E-state index in [-0.39, 0.29) is 23.5 Å². The molecule has 166 valence electrons. The summed E-state index contributed by atoms with van der Waals surface area (Å²) in [6.45, 7) is 0.0870. The minimum absolute atomic E-state index is 0.0512. The summed E-state index contributed by atoms with van der Waals surface area (Å²) in [6, 6.07) is 21.1. The van der Waals surface area contributed by atoms with Crippen LogP contribution in [-0.4, -0.2) is 33.9 Å². The van der Waals surface area contributed by atoms with Gasteiger partial charge in [-0.25, -0.2) is 8.42 Å². The van der Waals surface area contributed by atoms with E-state index in [0.29, 0.717) is 17.1 Å². The van der Waals surface area contributed by atoms with Gasteiger partial charge in [-0.2, -0.15) is 0 Å². The number of ether oxygens (including phenoxy) is 1. The highest BCUT2D eigenvalue weighted by molar-refractivity contribution is 7.92. The Morgan fingerprint density at radius 3 is 2.22 bits per heavy atom. The fraction of sp³-hybridized carbons (Fsp3) is 0.130. The second kappa shape index (κ2) is 9.97. The predicted octanol–water partition coefficient (Wildman–Crippen LogP) is 3.02. The highest BCUT2D eigenvalue weighted by Crippen LogP contribution is 2.25. The molecular formula is C23H23N3O5S. The molecule has 0 aliphatic heterocycles. The summed E-state index contributed by atoms with van der Waals surface area (Å²) in [5.41, 5.74) is 6.34. The van der Waals surface area contributed by atoms with Crippen molar-refractivity contribution in [2.75, 3.05) is 23.3 Å². The molecule has 0 aliphatic rings. The van der Waals surface area contributed by atoms with E-state index in [1.54, 1.807) is 54.6 Å². The number of nitrogens with one attached hydrogen (secondary N) is 1. The van der Waals surface area contributed by atoms with Crippen LogP contribution in [0.1, 0.15) is 16.8 Å². The number of carbonyl (C=O) groups excluding carboxylic acids is 2. The van der Waals surface area contributed by atoms with E-state index in [4.69, 9.17) is 10.5 Å². The zero-order valence-corrected chi connectivity index (χ0v) is 18.2. The van der Waals surface area contributed by atoms with E-state index in [1.807, 2.05) is 0 Å². The number of nitrogens with two attached hydrogens (primary N) is 1. The third-order valence-electron chi connectivity index (χ3n) is 4.64. The van der Waals surface area contributed by atoms with Gasteiger partial charge in [0.1, 0.15) is 5.75 Å². The number of nitrogens with zero attached hydrogens (tertiary/aromatic N) is 1. The highest BCUT2D eigenvalue weighted by Gasteiger charge is 2.21. The van der Waals surface area contributed by atoms with Gasteiger partial charge in [-0.05, 0) is 48.5 Å². The number of amides is 2. The Morgan fingerprint density at radius 2 is 1.56 bits per heavy atom. The highest BCUT2D eigenvalue weighted by atomic mass is 32.2. The Balaban J connectivity index is 1.73. The standard InChI is InChI=1S/C23H23N3O5S/c1-26(18-7-3-2-4-8-18)32(29,30)19-13-11-17(12-14-19)23(28)25-20-9-5-6-10-21(20)31-16-15-22(24)27/h2-14H,15-16H2,1H3,(H2,24,27)(H,25,28). The van der Waals surface area contributed by atoms with Crippen LogP contribution in [0.25, 0.3) is 0 Å². The minimum atomic E-state index is -3.77. The second-order valence-electron chi connectivity index (χ2n) is 6.85. The van der Waals surface area contributed by atoms with Crippen molar-refractivity contribution in [1.82, 2.24) is 0 Å². The maximum absolute atomic E-state index is 12.9. The van der Waals surface area contributed by atoms with E-state index in [0.717, 1.165) is 0 Å². The summed E-state index contributed by atoms with van der Waals surface area (Å²) in [5, 5.41) is 2.73. The van der Waals surface area contributed by atoms with Gasteiger partial charge in [0.2, 0.25) is 5.91 Å². The topological polar surface area (TPSA) is 119 Å². The summed E-state index contributed by atoms with van der Waals surface area (Å²) < 4.78 is 32.4. The number of anilines is 2. The average Bonchev–Trinajstić information content (AvgIpc) is 2.80. The molecule has 0 heterocycles. The number of hydrogen-bond donors (Lipinski definition) is 2. The van der Waals surface area contributed by atoms with Crippen molar-refractivity contribution in [2.24, 2.45) is 5.73 Å². The molecule has 3 rings (SSSR count). The molecule has 3 aromatic rings. The summed E-state index contributed by atoms with van der Waals surface area (Å²) in [5.74, 6) is -0.526. The van der Waals surface area contributed by atoms with Crippen molar-refractivity contribution >= 4 is 33.2 Å². The zero-order valence-electron chi connectivity index (χ0n) is 17.4. The number of primary amides is 1. The van der Waals surface area contributed by atoms with Gasteiger partial charge >= 0.3 is 0 Å². The van der Waals surface area contributed by atoms with Crippen molar-refractivity contribution in [3.05, 3.63) is 84.4 Å². The summed E-state index contributed by atoms with van der Waals surface area (Å²) >= 11 is 0. The molecule has 0 radical (unpaired) electrons. The quantitative estimate of drug-likeness (QED) is 0.516. The fourth-order valence-corrected chi connectivity index (χ4v) is 4.06. The number of benzene rings is 3. The van der Waals surface area contributed by atoms with E-state index in [9.17, 15) is 18.0 Å². The number of rotatable bonds is 9. The molecule has 3 N–H and O–H groups in total. The monoisotopic (exact) mass is 453 g/mol. The average molecular weight is 454 g/mol. The summed E-state index contributed by atoms with van der Waals surface area (Å²) in [6.07, 6.45) is 0.0512. The van der Waals surface area contributed by atoms with Crippen LogP contribution in [0.5, 0.6) is 5.75 Å². The van der Waals surface area contributed by atoms with Gasteiger partial charge in [0, 0.05) is 12.6 Å².